The fourth-order valence-electron chi connectivity index (χ4n) is 2.49. The number of rotatable bonds is 6. The molecule has 29 heavy (non-hydrogen) atoms. The van der Waals surface area contributed by atoms with Crippen molar-refractivity contribution in [1.82, 2.24) is 5.43 Å². The molecule has 0 saturated heterocycles. The lowest BCUT2D eigenvalue weighted by Gasteiger charge is -2.07. The fourth-order valence-corrected chi connectivity index (χ4v) is 3.06. The molecule has 6 nitrogen and oxygen atoms in total. The second-order valence-electron chi connectivity index (χ2n) is 6.17. The van der Waals surface area contributed by atoms with Gasteiger partial charge in [0.2, 0.25) is 5.91 Å². The Balaban J connectivity index is 1.62. The molecule has 0 aliphatic carbocycles. The van der Waals surface area contributed by atoms with Gasteiger partial charge in [-0.3, -0.25) is 9.59 Å². The smallest absolute Gasteiger partial charge is 0.291 e. The summed E-state index contributed by atoms with van der Waals surface area (Å²) in [5.74, 6) is -0.363. The van der Waals surface area contributed by atoms with Gasteiger partial charge in [0.05, 0.1) is 12.1 Å². The second kappa shape index (κ2) is 9.67. The third-order valence-electron chi connectivity index (χ3n) is 3.96. The van der Waals surface area contributed by atoms with E-state index in [1.807, 2.05) is 30.3 Å². The molecule has 8 heteroatoms. The number of hydrazone groups is 1. The first-order valence-corrected chi connectivity index (χ1v) is 10.2. The second-order valence-corrected chi connectivity index (χ2v) is 7.87. The van der Waals surface area contributed by atoms with Crippen LogP contribution in [0.15, 0.2) is 79.3 Å². The molecule has 148 valence electrons. The van der Waals surface area contributed by atoms with Crippen molar-refractivity contribution in [3.8, 4) is 0 Å². The molecule has 1 aromatic heterocycles. The van der Waals surface area contributed by atoms with E-state index in [0.29, 0.717) is 16.1 Å². The predicted octanol–water partition coefficient (Wildman–Crippen LogP) is 5.14. The molecular weight excluding hydrogens is 502 g/mol. The van der Waals surface area contributed by atoms with E-state index in [-0.39, 0.29) is 24.0 Å². The highest BCUT2D eigenvalue weighted by molar-refractivity contribution is 9.10. The molecule has 0 saturated carbocycles. The summed E-state index contributed by atoms with van der Waals surface area (Å²) in [7, 11) is 0. The molecule has 3 aromatic rings. The highest BCUT2D eigenvalue weighted by Crippen LogP contribution is 2.17. The van der Waals surface area contributed by atoms with Crippen molar-refractivity contribution in [3.63, 3.8) is 0 Å². The van der Waals surface area contributed by atoms with Crippen molar-refractivity contribution >= 4 is 55.1 Å². The van der Waals surface area contributed by atoms with Gasteiger partial charge in [-0.2, -0.15) is 5.10 Å². The molecule has 0 unspecified atom stereocenters. The van der Waals surface area contributed by atoms with Gasteiger partial charge in [-0.25, -0.2) is 5.43 Å². The van der Waals surface area contributed by atoms with Crippen LogP contribution in [-0.4, -0.2) is 17.5 Å². The van der Waals surface area contributed by atoms with Crippen LogP contribution >= 0.6 is 31.9 Å². The lowest BCUT2D eigenvalue weighted by atomic mass is 10.1. The van der Waals surface area contributed by atoms with Gasteiger partial charge in [0.15, 0.2) is 10.4 Å². The molecule has 0 atom stereocenters. The first kappa shape index (κ1) is 21.0. The number of anilines is 1. The van der Waals surface area contributed by atoms with Crippen LogP contribution in [0.2, 0.25) is 0 Å². The zero-order valence-electron chi connectivity index (χ0n) is 15.4. The first-order valence-electron chi connectivity index (χ1n) is 8.65. The van der Waals surface area contributed by atoms with E-state index in [9.17, 15) is 9.59 Å². The van der Waals surface area contributed by atoms with Crippen molar-refractivity contribution < 1.29 is 14.0 Å². The molecule has 2 aromatic carbocycles. The predicted molar refractivity (Wildman–Crippen MR) is 119 cm³/mol. The zero-order valence-corrected chi connectivity index (χ0v) is 18.6. The zero-order chi connectivity index (χ0) is 20.8. The quantitative estimate of drug-likeness (QED) is 0.350. The number of carbonyl (C=O) groups excluding carboxylic acids is 2. The number of hydrogen-bond acceptors (Lipinski definition) is 4. The Morgan fingerprint density at radius 2 is 1.79 bits per heavy atom. The average Bonchev–Trinajstić information content (AvgIpc) is 3.15. The minimum absolute atomic E-state index is 0.202. The van der Waals surface area contributed by atoms with Crippen molar-refractivity contribution in [1.29, 1.82) is 0 Å². The Kier molecular flexibility index (Phi) is 7.00. The third kappa shape index (κ3) is 6.13. The van der Waals surface area contributed by atoms with Gasteiger partial charge >= 0.3 is 0 Å². The molecule has 2 amide bonds. The Hall–Kier alpha value is -2.71. The first-order chi connectivity index (χ1) is 13.9. The van der Waals surface area contributed by atoms with Gasteiger partial charge in [-0.05, 0) is 70.4 Å². The minimum Gasteiger partial charge on any atom is -0.444 e. The summed E-state index contributed by atoms with van der Waals surface area (Å²) < 4.78 is 6.69. The standard InChI is InChI=1S/C21H17Br2N3O3/c1-13(25-26-20(27)11-14-5-7-16(22)8-6-14)15-3-2-4-17(12-15)24-21(28)18-9-10-19(23)29-18/h2-10,12H,11H2,1H3,(H,24,28)(H,26,27). The van der Waals surface area contributed by atoms with E-state index in [2.05, 4.69) is 47.7 Å². The molecule has 2 N–H and O–H groups in total. The SMILES string of the molecule is CC(=NNC(=O)Cc1ccc(Br)cc1)c1cccc(NC(=O)c2ccc(Br)o2)c1. The van der Waals surface area contributed by atoms with Gasteiger partial charge in [0.1, 0.15) is 0 Å². The molecule has 0 fully saturated rings. The topological polar surface area (TPSA) is 83.7 Å². The van der Waals surface area contributed by atoms with Gasteiger partial charge < -0.3 is 9.73 Å². The number of halogens is 2. The normalized spacial score (nSPS) is 11.2. The Bertz CT molecular complexity index is 1060. The Morgan fingerprint density at radius 1 is 1.03 bits per heavy atom. The van der Waals surface area contributed by atoms with Crippen molar-refractivity contribution in [2.45, 2.75) is 13.3 Å². The van der Waals surface area contributed by atoms with Gasteiger partial charge in [0, 0.05) is 10.2 Å². The summed E-state index contributed by atoms with van der Waals surface area (Å²) in [4.78, 5) is 24.3. The van der Waals surface area contributed by atoms with Crippen LogP contribution in [-0.2, 0) is 11.2 Å². The molecule has 0 bridgehead atoms. The summed E-state index contributed by atoms with van der Waals surface area (Å²) in [6.45, 7) is 1.78. The molecule has 0 aliphatic heterocycles. The van der Waals surface area contributed by atoms with Crippen LogP contribution < -0.4 is 10.7 Å². The fraction of sp³-hybridized carbons (Fsp3) is 0.0952. The third-order valence-corrected chi connectivity index (χ3v) is 4.92. The van der Waals surface area contributed by atoms with E-state index in [0.717, 1.165) is 15.6 Å². The molecular formula is C21H17Br2N3O3. The maximum absolute atomic E-state index is 12.2. The van der Waals surface area contributed by atoms with Crippen molar-refractivity contribution in [3.05, 3.63) is 86.7 Å². The number of benzene rings is 2. The van der Waals surface area contributed by atoms with Crippen LogP contribution in [0.3, 0.4) is 0 Å². The van der Waals surface area contributed by atoms with Crippen LogP contribution in [0, 0.1) is 0 Å². The van der Waals surface area contributed by atoms with Crippen LogP contribution in [0.5, 0.6) is 0 Å². The number of nitrogens with zero attached hydrogens (tertiary/aromatic N) is 1. The lowest BCUT2D eigenvalue weighted by molar-refractivity contribution is -0.120. The van der Waals surface area contributed by atoms with Crippen LogP contribution in [0.4, 0.5) is 5.69 Å². The molecule has 0 spiro atoms. The Labute approximate surface area is 184 Å². The number of furan rings is 1. The van der Waals surface area contributed by atoms with Gasteiger partial charge in [-0.15, -0.1) is 0 Å². The van der Waals surface area contributed by atoms with E-state index in [1.165, 1.54) is 0 Å². The summed E-state index contributed by atoms with van der Waals surface area (Å²) in [5.41, 5.74) is 5.44. The number of hydrogen-bond donors (Lipinski definition) is 2. The van der Waals surface area contributed by atoms with E-state index in [4.69, 9.17) is 4.42 Å². The van der Waals surface area contributed by atoms with Crippen LogP contribution in [0.1, 0.15) is 28.6 Å². The number of nitrogens with one attached hydrogen (secondary N) is 2. The van der Waals surface area contributed by atoms with Crippen LogP contribution in [0.25, 0.3) is 0 Å². The minimum atomic E-state index is -0.356. The molecule has 3 rings (SSSR count). The van der Waals surface area contributed by atoms with Crippen molar-refractivity contribution in [2.24, 2.45) is 5.10 Å². The van der Waals surface area contributed by atoms with E-state index >= 15 is 0 Å². The average molecular weight is 519 g/mol. The number of amides is 2. The van der Waals surface area contributed by atoms with E-state index < -0.39 is 0 Å². The largest absolute Gasteiger partial charge is 0.444 e. The maximum atomic E-state index is 12.2. The molecule has 1 heterocycles. The van der Waals surface area contributed by atoms with Gasteiger partial charge in [-0.1, -0.05) is 40.2 Å². The van der Waals surface area contributed by atoms with Crippen molar-refractivity contribution in [2.75, 3.05) is 5.32 Å². The Morgan fingerprint density at radius 3 is 2.48 bits per heavy atom. The summed E-state index contributed by atoms with van der Waals surface area (Å²) in [5, 5.41) is 6.93. The van der Waals surface area contributed by atoms with Gasteiger partial charge in [0.25, 0.3) is 5.91 Å². The highest BCUT2D eigenvalue weighted by Gasteiger charge is 2.11. The summed E-state index contributed by atoms with van der Waals surface area (Å²) in [6, 6.07) is 17.9. The molecule has 0 aliphatic rings. The maximum Gasteiger partial charge on any atom is 0.291 e. The monoisotopic (exact) mass is 517 g/mol. The highest BCUT2D eigenvalue weighted by atomic mass is 79.9. The molecule has 0 radical (unpaired) electrons. The number of carbonyl (C=O) groups is 2. The summed E-state index contributed by atoms with van der Waals surface area (Å²) >= 11 is 6.54. The lowest BCUT2D eigenvalue weighted by Crippen LogP contribution is -2.21. The summed E-state index contributed by atoms with van der Waals surface area (Å²) in [6.07, 6.45) is 0.235. The van der Waals surface area contributed by atoms with E-state index in [1.54, 1.807) is 37.3 Å².